The fraction of sp³-hybridized carbons (Fsp3) is 0.688. The van der Waals surface area contributed by atoms with Gasteiger partial charge in [-0.2, -0.15) is 0 Å². The lowest BCUT2D eigenvalue weighted by molar-refractivity contribution is -0.873. The van der Waals surface area contributed by atoms with Crippen LogP contribution in [0.25, 0.3) is 0 Å². The summed E-state index contributed by atoms with van der Waals surface area (Å²) in [5.74, 6) is -1.84. The lowest BCUT2D eigenvalue weighted by Gasteiger charge is -2.26. The average molecular weight is 362 g/mol. The van der Waals surface area contributed by atoms with Crippen LogP contribution in [0.2, 0.25) is 0 Å². The van der Waals surface area contributed by atoms with Gasteiger partial charge in [-0.05, 0) is 0 Å². The third-order valence-electron chi connectivity index (χ3n) is 2.68. The van der Waals surface area contributed by atoms with E-state index in [1.807, 2.05) is 21.1 Å². The zero-order chi connectivity index (χ0) is 19.3. The first-order valence-corrected chi connectivity index (χ1v) is 7.78. The standard InChI is InChI=1S/C16H28NO8/c1-17(2,3)12-13(18)11-16(21)25-10-8-23-7-9-24-15(20)6-5-14(19)22-4/h5-6,13,18H,7-12H2,1-4H3/q+1/b6-5+/t13-/m1/s1. The van der Waals surface area contributed by atoms with Gasteiger partial charge < -0.3 is 28.5 Å². The molecule has 0 unspecified atom stereocenters. The summed E-state index contributed by atoms with van der Waals surface area (Å²) in [5, 5.41) is 9.74. The van der Waals surface area contributed by atoms with Gasteiger partial charge in [0.2, 0.25) is 0 Å². The predicted molar refractivity (Wildman–Crippen MR) is 87.4 cm³/mol. The number of ether oxygens (including phenoxy) is 4. The number of rotatable bonds is 12. The lowest BCUT2D eigenvalue weighted by Crippen LogP contribution is -2.42. The molecule has 1 N–H and O–H groups in total. The Morgan fingerprint density at radius 2 is 1.52 bits per heavy atom. The second-order valence-electron chi connectivity index (χ2n) is 6.19. The van der Waals surface area contributed by atoms with E-state index in [4.69, 9.17) is 14.2 Å². The zero-order valence-corrected chi connectivity index (χ0v) is 15.2. The Labute approximate surface area is 147 Å². The fourth-order valence-electron chi connectivity index (χ4n) is 1.72. The van der Waals surface area contributed by atoms with E-state index in [9.17, 15) is 19.5 Å². The Morgan fingerprint density at radius 3 is 2.08 bits per heavy atom. The number of nitrogens with zero attached hydrogens (tertiary/aromatic N) is 1. The molecular formula is C16H28NO8+. The van der Waals surface area contributed by atoms with Crippen LogP contribution in [0.5, 0.6) is 0 Å². The molecule has 0 amide bonds. The average Bonchev–Trinajstić information content (AvgIpc) is 2.49. The molecule has 0 saturated carbocycles. The number of esters is 3. The molecule has 0 aliphatic rings. The van der Waals surface area contributed by atoms with Crippen molar-refractivity contribution in [2.45, 2.75) is 12.5 Å². The largest absolute Gasteiger partial charge is 0.466 e. The van der Waals surface area contributed by atoms with E-state index < -0.39 is 24.0 Å². The molecule has 9 heteroatoms. The molecule has 0 spiro atoms. The molecule has 0 aromatic rings. The molecule has 0 aliphatic carbocycles. The van der Waals surface area contributed by atoms with Crippen molar-refractivity contribution < 1.29 is 42.9 Å². The van der Waals surface area contributed by atoms with Gasteiger partial charge in [0.1, 0.15) is 25.9 Å². The molecule has 0 fully saturated rings. The molecule has 0 aliphatic heterocycles. The highest BCUT2D eigenvalue weighted by molar-refractivity contribution is 5.91. The van der Waals surface area contributed by atoms with Gasteiger partial charge in [-0.15, -0.1) is 0 Å². The van der Waals surface area contributed by atoms with Crippen molar-refractivity contribution in [3.63, 3.8) is 0 Å². The molecule has 25 heavy (non-hydrogen) atoms. The van der Waals surface area contributed by atoms with Crippen LogP contribution < -0.4 is 0 Å². The van der Waals surface area contributed by atoms with Crippen molar-refractivity contribution in [3.05, 3.63) is 12.2 Å². The summed E-state index contributed by atoms with van der Waals surface area (Å²) in [6, 6.07) is 0. The molecule has 144 valence electrons. The summed E-state index contributed by atoms with van der Waals surface area (Å²) in [5.41, 5.74) is 0. The normalized spacial score (nSPS) is 12.7. The van der Waals surface area contributed by atoms with E-state index in [1.165, 1.54) is 7.11 Å². The zero-order valence-electron chi connectivity index (χ0n) is 15.2. The van der Waals surface area contributed by atoms with Crippen LogP contribution in [0.3, 0.4) is 0 Å². The maximum Gasteiger partial charge on any atom is 0.331 e. The highest BCUT2D eigenvalue weighted by atomic mass is 16.6. The predicted octanol–water partition coefficient (Wildman–Crippen LogP) is -0.724. The van der Waals surface area contributed by atoms with Crippen molar-refractivity contribution in [3.8, 4) is 0 Å². The van der Waals surface area contributed by atoms with Crippen molar-refractivity contribution in [2.24, 2.45) is 0 Å². The van der Waals surface area contributed by atoms with Gasteiger partial charge in [0.25, 0.3) is 0 Å². The second-order valence-corrected chi connectivity index (χ2v) is 6.19. The van der Waals surface area contributed by atoms with E-state index in [1.54, 1.807) is 0 Å². The summed E-state index contributed by atoms with van der Waals surface area (Å²) in [7, 11) is 6.95. The second kappa shape index (κ2) is 12.4. The van der Waals surface area contributed by atoms with Crippen molar-refractivity contribution in [1.29, 1.82) is 0 Å². The van der Waals surface area contributed by atoms with E-state index >= 15 is 0 Å². The van der Waals surface area contributed by atoms with Gasteiger partial charge in [0, 0.05) is 12.2 Å². The molecule has 0 heterocycles. The van der Waals surface area contributed by atoms with Crippen molar-refractivity contribution in [1.82, 2.24) is 0 Å². The van der Waals surface area contributed by atoms with Gasteiger partial charge >= 0.3 is 17.9 Å². The molecule has 0 bridgehead atoms. The van der Waals surface area contributed by atoms with E-state index in [0.717, 1.165) is 12.2 Å². The summed E-state index contributed by atoms with van der Waals surface area (Å²) in [4.78, 5) is 33.4. The van der Waals surface area contributed by atoms with Gasteiger partial charge in [-0.1, -0.05) is 0 Å². The number of methoxy groups -OCH3 is 1. The van der Waals surface area contributed by atoms with Crippen molar-refractivity contribution >= 4 is 17.9 Å². The number of aliphatic hydroxyl groups excluding tert-OH is 1. The van der Waals surface area contributed by atoms with Crippen LogP contribution in [0.1, 0.15) is 6.42 Å². The van der Waals surface area contributed by atoms with Gasteiger partial charge in [0.15, 0.2) is 0 Å². The Hall–Kier alpha value is -1.97. The van der Waals surface area contributed by atoms with Crippen LogP contribution in [0.15, 0.2) is 12.2 Å². The van der Waals surface area contributed by atoms with Crippen LogP contribution in [-0.4, -0.2) is 94.8 Å². The molecule has 0 aromatic heterocycles. The van der Waals surface area contributed by atoms with Gasteiger partial charge in [-0.25, -0.2) is 9.59 Å². The van der Waals surface area contributed by atoms with E-state index in [0.29, 0.717) is 11.0 Å². The maximum atomic E-state index is 11.5. The quantitative estimate of drug-likeness (QED) is 0.159. The summed E-state index contributed by atoms with van der Waals surface area (Å²) in [6.07, 6.45) is 1.08. The summed E-state index contributed by atoms with van der Waals surface area (Å²) >= 11 is 0. The Kier molecular flexibility index (Phi) is 11.4. The number of aliphatic hydroxyl groups is 1. The van der Waals surface area contributed by atoms with Crippen LogP contribution in [-0.2, 0) is 33.3 Å². The van der Waals surface area contributed by atoms with Crippen LogP contribution in [0.4, 0.5) is 0 Å². The maximum absolute atomic E-state index is 11.5. The molecule has 0 aromatic carbocycles. The first-order valence-electron chi connectivity index (χ1n) is 7.78. The smallest absolute Gasteiger partial charge is 0.331 e. The number of carbonyl (C=O) groups excluding carboxylic acids is 3. The number of carbonyl (C=O) groups is 3. The first kappa shape index (κ1) is 23.0. The highest BCUT2D eigenvalue weighted by Gasteiger charge is 2.19. The Morgan fingerprint density at radius 1 is 0.960 bits per heavy atom. The molecule has 9 nitrogen and oxygen atoms in total. The fourth-order valence-corrected chi connectivity index (χ4v) is 1.72. The van der Waals surface area contributed by atoms with E-state index in [-0.39, 0.29) is 32.8 Å². The number of quaternary nitrogens is 1. The number of hydrogen-bond donors (Lipinski definition) is 1. The van der Waals surface area contributed by atoms with Gasteiger partial charge in [-0.3, -0.25) is 4.79 Å². The highest BCUT2D eigenvalue weighted by Crippen LogP contribution is 2.01. The SMILES string of the molecule is COC(=O)/C=C/C(=O)OCCOCCOC(=O)C[C@@H](O)C[N+](C)(C)C. The molecule has 0 rings (SSSR count). The lowest BCUT2D eigenvalue weighted by atomic mass is 10.2. The number of hydrogen-bond acceptors (Lipinski definition) is 8. The van der Waals surface area contributed by atoms with Crippen LogP contribution >= 0.6 is 0 Å². The van der Waals surface area contributed by atoms with Crippen molar-refractivity contribution in [2.75, 3.05) is 61.2 Å². The minimum absolute atomic E-state index is 0.000502. The molecular weight excluding hydrogens is 334 g/mol. The van der Waals surface area contributed by atoms with Crippen LogP contribution in [0, 0.1) is 0 Å². The van der Waals surface area contributed by atoms with Gasteiger partial charge in [0.05, 0.1) is 47.9 Å². The topological polar surface area (TPSA) is 108 Å². The van der Waals surface area contributed by atoms with E-state index in [2.05, 4.69) is 4.74 Å². The summed E-state index contributed by atoms with van der Waals surface area (Å²) in [6.45, 7) is 0.764. The first-order chi connectivity index (χ1) is 11.6. The Balaban J connectivity index is 3.63. The summed E-state index contributed by atoms with van der Waals surface area (Å²) < 4.78 is 19.7. The molecule has 0 saturated heterocycles. The third kappa shape index (κ3) is 15.3. The monoisotopic (exact) mass is 362 g/mol. The molecule has 1 atom stereocenters. The third-order valence-corrected chi connectivity index (χ3v) is 2.68. The Bertz CT molecular complexity index is 456. The molecule has 0 radical (unpaired) electrons. The number of likely N-dealkylation sites (N-methyl/N-ethyl adjacent to an activating group) is 1. The minimum atomic E-state index is -0.758. The minimum Gasteiger partial charge on any atom is -0.466 e.